The Bertz CT molecular complexity index is 338. The Hall–Kier alpha value is -1.35. The molecule has 100 valence electrons. The highest BCUT2D eigenvalue weighted by atomic mass is 16.3. The summed E-state index contributed by atoms with van der Waals surface area (Å²) in [6.07, 6.45) is 5.26. The zero-order valence-electron chi connectivity index (χ0n) is 11.1. The minimum absolute atomic E-state index is 0.309. The summed E-state index contributed by atoms with van der Waals surface area (Å²) in [6, 6.07) is 9.22. The minimum Gasteiger partial charge on any atom is -0.383 e. The largest absolute Gasteiger partial charge is 0.383 e. The van der Waals surface area contributed by atoms with Gasteiger partial charge in [0.25, 0.3) is 5.91 Å². The van der Waals surface area contributed by atoms with Crippen LogP contribution >= 0.6 is 0 Å². The van der Waals surface area contributed by atoms with Crippen molar-refractivity contribution in [3.8, 4) is 0 Å². The van der Waals surface area contributed by atoms with Gasteiger partial charge in [-0.05, 0) is 18.6 Å². The maximum Gasteiger partial charge on any atom is 0.253 e. The lowest BCUT2D eigenvalue weighted by Crippen LogP contribution is -2.27. The Morgan fingerprint density at radius 2 is 1.83 bits per heavy atom. The van der Waals surface area contributed by atoms with Crippen LogP contribution in [0.15, 0.2) is 30.3 Å². The van der Waals surface area contributed by atoms with Crippen molar-refractivity contribution in [3.63, 3.8) is 0 Å². The molecule has 1 amide bonds. The van der Waals surface area contributed by atoms with E-state index in [-0.39, 0.29) is 5.91 Å². The molecule has 0 spiro atoms. The van der Waals surface area contributed by atoms with Gasteiger partial charge in [0, 0.05) is 5.69 Å². The summed E-state index contributed by atoms with van der Waals surface area (Å²) in [5.41, 5.74) is 0.729. The summed E-state index contributed by atoms with van der Waals surface area (Å²) in [5, 5.41) is 12.4. The molecule has 0 bridgehead atoms. The number of nitrogens with one attached hydrogen (secondary N) is 1. The number of anilines is 1. The number of carbonyl (C=O) groups excluding carboxylic acids is 1. The molecule has 0 fully saturated rings. The molecule has 1 rings (SSSR count). The van der Waals surface area contributed by atoms with Gasteiger partial charge in [-0.3, -0.25) is 4.79 Å². The Balaban J connectivity index is 2.21. The molecule has 1 atom stereocenters. The standard InChI is InChI=1S/C15H23NO2/c1-2-3-4-5-9-12-14(17)15(18)16-13-10-7-6-8-11-13/h6-8,10-11,14,17H,2-5,9,12H2,1H3,(H,16,18). The topological polar surface area (TPSA) is 49.3 Å². The molecule has 2 N–H and O–H groups in total. The van der Waals surface area contributed by atoms with E-state index in [1.807, 2.05) is 30.3 Å². The number of aliphatic hydroxyl groups is 1. The van der Waals surface area contributed by atoms with Gasteiger partial charge in [-0.1, -0.05) is 57.2 Å². The molecule has 1 unspecified atom stereocenters. The van der Waals surface area contributed by atoms with Crippen LogP contribution in [-0.4, -0.2) is 17.1 Å². The van der Waals surface area contributed by atoms with Gasteiger partial charge in [-0.25, -0.2) is 0 Å². The summed E-state index contributed by atoms with van der Waals surface area (Å²) in [7, 11) is 0. The van der Waals surface area contributed by atoms with E-state index in [4.69, 9.17) is 0 Å². The predicted octanol–water partition coefficient (Wildman–Crippen LogP) is 3.35. The maximum atomic E-state index is 11.7. The third-order valence-electron chi connectivity index (χ3n) is 2.93. The van der Waals surface area contributed by atoms with Crippen molar-refractivity contribution >= 4 is 11.6 Å². The second-order valence-corrected chi connectivity index (χ2v) is 4.57. The van der Waals surface area contributed by atoms with Crippen LogP contribution in [0.5, 0.6) is 0 Å². The molecule has 1 aromatic rings. The predicted molar refractivity (Wildman–Crippen MR) is 74.5 cm³/mol. The molecule has 1 aromatic carbocycles. The average molecular weight is 249 g/mol. The first-order valence-corrected chi connectivity index (χ1v) is 6.78. The van der Waals surface area contributed by atoms with Gasteiger partial charge in [0.2, 0.25) is 0 Å². The van der Waals surface area contributed by atoms with Crippen LogP contribution in [0.3, 0.4) is 0 Å². The number of amides is 1. The smallest absolute Gasteiger partial charge is 0.253 e. The number of rotatable bonds is 8. The molecule has 3 heteroatoms. The van der Waals surface area contributed by atoms with E-state index < -0.39 is 6.10 Å². The first kappa shape index (κ1) is 14.7. The molecular weight excluding hydrogens is 226 g/mol. The molecule has 0 saturated heterocycles. The van der Waals surface area contributed by atoms with Crippen molar-refractivity contribution in [2.45, 2.75) is 51.6 Å². The Labute approximate surface area is 109 Å². The average Bonchev–Trinajstić information content (AvgIpc) is 2.39. The van der Waals surface area contributed by atoms with Crippen molar-refractivity contribution < 1.29 is 9.90 Å². The zero-order chi connectivity index (χ0) is 13.2. The van der Waals surface area contributed by atoms with Crippen molar-refractivity contribution in [2.24, 2.45) is 0 Å². The molecular formula is C15H23NO2. The minimum atomic E-state index is -0.896. The number of hydrogen-bond donors (Lipinski definition) is 2. The van der Waals surface area contributed by atoms with Gasteiger partial charge in [-0.15, -0.1) is 0 Å². The van der Waals surface area contributed by atoms with Gasteiger partial charge in [0.05, 0.1) is 0 Å². The van der Waals surface area contributed by atoms with Crippen LogP contribution in [0.2, 0.25) is 0 Å². The van der Waals surface area contributed by atoms with Crippen LogP contribution in [0.25, 0.3) is 0 Å². The summed E-state index contributed by atoms with van der Waals surface area (Å²) in [4.78, 5) is 11.7. The number of aliphatic hydroxyl groups excluding tert-OH is 1. The fourth-order valence-electron chi connectivity index (χ4n) is 1.82. The highest BCUT2D eigenvalue weighted by molar-refractivity contribution is 5.93. The van der Waals surface area contributed by atoms with Crippen molar-refractivity contribution in [3.05, 3.63) is 30.3 Å². The maximum absolute atomic E-state index is 11.7. The fraction of sp³-hybridized carbons (Fsp3) is 0.533. The van der Waals surface area contributed by atoms with E-state index in [2.05, 4.69) is 12.2 Å². The molecule has 0 heterocycles. The van der Waals surface area contributed by atoms with Crippen molar-refractivity contribution in [1.82, 2.24) is 0 Å². The molecule has 0 saturated carbocycles. The lowest BCUT2D eigenvalue weighted by molar-refractivity contribution is -0.124. The van der Waals surface area contributed by atoms with Gasteiger partial charge in [0.15, 0.2) is 0 Å². The number of para-hydroxylation sites is 1. The first-order valence-electron chi connectivity index (χ1n) is 6.78. The molecule has 0 radical (unpaired) electrons. The molecule has 0 aliphatic rings. The Morgan fingerprint density at radius 1 is 1.17 bits per heavy atom. The van der Waals surface area contributed by atoms with E-state index >= 15 is 0 Å². The van der Waals surface area contributed by atoms with Crippen molar-refractivity contribution in [2.75, 3.05) is 5.32 Å². The molecule has 18 heavy (non-hydrogen) atoms. The SMILES string of the molecule is CCCCCCCC(O)C(=O)Nc1ccccc1. The molecule has 0 aromatic heterocycles. The third kappa shape index (κ3) is 5.82. The van der Waals surface area contributed by atoms with Crippen LogP contribution in [0.4, 0.5) is 5.69 Å². The lowest BCUT2D eigenvalue weighted by Gasteiger charge is -2.11. The van der Waals surface area contributed by atoms with E-state index in [1.54, 1.807) is 0 Å². The highest BCUT2D eigenvalue weighted by Crippen LogP contribution is 2.10. The molecule has 0 aliphatic carbocycles. The second kappa shape index (κ2) is 8.70. The van der Waals surface area contributed by atoms with E-state index in [9.17, 15) is 9.90 Å². The van der Waals surface area contributed by atoms with E-state index in [0.29, 0.717) is 6.42 Å². The molecule has 0 aliphatic heterocycles. The Morgan fingerprint density at radius 3 is 2.50 bits per heavy atom. The second-order valence-electron chi connectivity index (χ2n) is 4.57. The normalized spacial score (nSPS) is 12.1. The number of carbonyl (C=O) groups is 1. The number of benzene rings is 1. The van der Waals surface area contributed by atoms with Crippen LogP contribution < -0.4 is 5.32 Å². The van der Waals surface area contributed by atoms with Crippen LogP contribution in [-0.2, 0) is 4.79 Å². The quantitative estimate of drug-likeness (QED) is 0.694. The van der Waals surface area contributed by atoms with Gasteiger partial charge in [-0.2, -0.15) is 0 Å². The summed E-state index contributed by atoms with van der Waals surface area (Å²) < 4.78 is 0. The van der Waals surface area contributed by atoms with Gasteiger partial charge in [0.1, 0.15) is 6.10 Å². The summed E-state index contributed by atoms with van der Waals surface area (Å²) in [5.74, 6) is -0.309. The molecule has 3 nitrogen and oxygen atoms in total. The lowest BCUT2D eigenvalue weighted by atomic mass is 10.1. The number of unbranched alkanes of at least 4 members (excludes halogenated alkanes) is 4. The van der Waals surface area contributed by atoms with Crippen LogP contribution in [0.1, 0.15) is 45.4 Å². The third-order valence-corrected chi connectivity index (χ3v) is 2.93. The zero-order valence-corrected chi connectivity index (χ0v) is 11.1. The monoisotopic (exact) mass is 249 g/mol. The van der Waals surface area contributed by atoms with E-state index in [0.717, 1.165) is 18.5 Å². The number of hydrogen-bond acceptors (Lipinski definition) is 2. The summed E-state index contributed by atoms with van der Waals surface area (Å²) in [6.45, 7) is 2.17. The fourth-order valence-corrected chi connectivity index (χ4v) is 1.82. The van der Waals surface area contributed by atoms with Crippen LogP contribution in [0, 0.1) is 0 Å². The van der Waals surface area contributed by atoms with Crippen molar-refractivity contribution in [1.29, 1.82) is 0 Å². The highest BCUT2D eigenvalue weighted by Gasteiger charge is 2.14. The first-order chi connectivity index (χ1) is 8.74. The van der Waals surface area contributed by atoms with Gasteiger partial charge >= 0.3 is 0 Å². The van der Waals surface area contributed by atoms with E-state index in [1.165, 1.54) is 19.3 Å². The Kier molecular flexibility index (Phi) is 7.11. The summed E-state index contributed by atoms with van der Waals surface area (Å²) >= 11 is 0. The van der Waals surface area contributed by atoms with Gasteiger partial charge < -0.3 is 10.4 Å².